The van der Waals surface area contributed by atoms with Crippen LogP contribution in [0.4, 0.5) is 0 Å². The summed E-state index contributed by atoms with van der Waals surface area (Å²) < 4.78 is 5.38. The second kappa shape index (κ2) is 7.28. The second-order valence-electron chi connectivity index (χ2n) is 5.72. The number of methoxy groups -OCH3 is 1. The number of aliphatic hydroxyl groups excluding tert-OH is 1. The van der Waals surface area contributed by atoms with Crippen LogP contribution in [0.3, 0.4) is 0 Å². The number of hydrogen-bond acceptors (Lipinski definition) is 2. The number of benzene rings is 2. The van der Waals surface area contributed by atoms with E-state index in [0.29, 0.717) is 12.3 Å². The van der Waals surface area contributed by atoms with Crippen LogP contribution in [0, 0.1) is 6.92 Å². The SMILES string of the molecule is COc1ccc(C)cc1CC(O)CC(C)c1ccccc1. The Morgan fingerprint density at radius 1 is 1.10 bits per heavy atom. The average molecular weight is 284 g/mol. The van der Waals surface area contributed by atoms with Gasteiger partial charge in [-0.2, -0.15) is 0 Å². The summed E-state index contributed by atoms with van der Waals surface area (Å²) in [5.74, 6) is 1.20. The molecule has 2 aromatic carbocycles. The molecule has 0 spiro atoms. The van der Waals surface area contributed by atoms with Gasteiger partial charge in [-0.25, -0.2) is 0 Å². The van der Waals surface area contributed by atoms with Gasteiger partial charge in [-0.15, -0.1) is 0 Å². The first-order valence-electron chi connectivity index (χ1n) is 7.46. The van der Waals surface area contributed by atoms with E-state index in [4.69, 9.17) is 4.74 Å². The standard InChI is InChI=1S/C19H24O2/c1-14-9-10-19(21-3)17(11-14)13-18(20)12-15(2)16-7-5-4-6-8-16/h4-11,15,18,20H,12-13H2,1-3H3. The lowest BCUT2D eigenvalue weighted by Crippen LogP contribution is -2.14. The van der Waals surface area contributed by atoms with Crippen molar-refractivity contribution in [2.75, 3.05) is 7.11 Å². The van der Waals surface area contributed by atoms with E-state index in [1.54, 1.807) is 7.11 Å². The second-order valence-corrected chi connectivity index (χ2v) is 5.72. The minimum Gasteiger partial charge on any atom is -0.496 e. The lowest BCUT2D eigenvalue weighted by molar-refractivity contribution is 0.156. The van der Waals surface area contributed by atoms with E-state index >= 15 is 0 Å². The van der Waals surface area contributed by atoms with Crippen molar-refractivity contribution in [1.82, 2.24) is 0 Å². The molecule has 2 aromatic rings. The maximum Gasteiger partial charge on any atom is 0.122 e. The fourth-order valence-corrected chi connectivity index (χ4v) is 2.73. The smallest absolute Gasteiger partial charge is 0.122 e. The van der Waals surface area contributed by atoms with Crippen molar-refractivity contribution in [2.45, 2.75) is 38.7 Å². The van der Waals surface area contributed by atoms with Crippen molar-refractivity contribution in [3.63, 3.8) is 0 Å². The third-order valence-electron chi connectivity index (χ3n) is 3.89. The third kappa shape index (κ3) is 4.33. The topological polar surface area (TPSA) is 29.5 Å². The molecular formula is C19H24O2. The van der Waals surface area contributed by atoms with Crippen LogP contribution in [0.5, 0.6) is 5.75 Å². The molecule has 112 valence electrons. The summed E-state index contributed by atoms with van der Waals surface area (Å²) in [6.07, 6.45) is 1.01. The van der Waals surface area contributed by atoms with Gasteiger partial charge in [0.1, 0.15) is 5.75 Å². The van der Waals surface area contributed by atoms with Crippen LogP contribution in [-0.2, 0) is 6.42 Å². The lowest BCUT2D eigenvalue weighted by Gasteiger charge is -2.18. The average Bonchev–Trinajstić information content (AvgIpc) is 2.48. The normalized spacial score (nSPS) is 13.7. The van der Waals surface area contributed by atoms with Crippen molar-refractivity contribution >= 4 is 0 Å². The van der Waals surface area contributed by atoms with Gasteiger partial charge in [0.2, 0.25) is 0 Å². The number of rotatable bonds is 6. The number of hydrogen-bond donors (Lipinski definition) is 1. The van der Waals surface area contributed by atoms with E-state index in [1.807, 2.05) is 30.3 Å². The summed E-state index contributed by atoms with van der Waals surface area (Å²) in [4.78, 5) is 0. The molecule has 0 aliphatic carbocycles. The minimum absolute atomic E-state index is 0.344. The Morgan fingerprint density at radius 2 is 1.81 bits per heavy atom. The Kier molecular flexibility index (Phi) is 5.40. The monoisotopic (exact) mass is 284 g/mol. The van der Waals surface area contributed by atoms with Gasteiger partial charge in [0, 0.05) is 6.42 Å². The van der Waals surface area contributed by atoms with Crippen molar-refractivity contribution in [1.29, 1.82) is 0 Å². The maximum absolute atomic E-state index is 10.4. The van der Waals surface area contributed by atoms with Gasteiger partial charge in [-0.05, 0) is 36.5 Å². The fourth-order valence-electron chi connectivity index (χ4n) is 2.73. The highest BCUT2D eigenvalue weighted by molar-refractivity contribution is 5.37. The highest BCUT2D eigenvalue weighted by Crippen LogP contribution is 2.25. The molecule has 2 unspecified atom stereocenters. The molecule has 0 bridgehead atoms. The van der Waals surface area contributed by atoms with Crippen LogP contribution in [-0.4, -0.2) is 18.3 Å². The Balaban J connectivity index is 2.02. The number of aliphatic hydroxyl groups is 1. The molecule has 0 saturated heterocycles. The third-order valence-corrected chi connectivity index (χ3v) is 3.89. The molecule has 2 nitrogen and oxygen atoms in total. The highest BCUT2D eigenvalue weighted by atomic mass is 16.5. The van der Waals surface area contributed by atoms with Crippen molar-refractivity contribution < 1.29 is 9.84 Å². The van der Waals surface area contributed by atoms with Crippen LogP contribution in [0.15, 0.2) is 48.5 Å². The predicted octanol–water partition coefficient (Wildman–Crippen LogP) is 4.10. The van der Waals surface area contributed by atoms with E-state index in [1.165, 1.54) is 11.1 Å². The first kappa shape index (κ1) is 15.6. The molecule has 0 aromatic heterocycles. The van der Waals surface area contributed by atoms with E-state index in [0.717, 1.165) is 17.7 Å². The summed E-state index contributed by atoms with van der Waals surface area (Å²) in [7, 11) is 1.67. The summed E-state index contributed by atoms with van der Waals surface area (Å²) in [5, 5.41) is 10.4. The molecule has 2 heteroatoms. The zero-order chi connectivity index (χ0) is 15.2. The van der Waals surface area contributed by atoms with Crippen molar-refractivity contribution in [3.05, 3.63) is 65.2 Å². The maximum atomic E-state index is 10.4. The van der Waals surface area contributed by atoms with Gasteiger partial charge >= 0.3 is 0 Å². The zero-order valence-corrected chi connectivity index (χ0v) is 13.0. The van der Waals surface area contributed by atoms with Gasteiger partial charge in [0.25, 0.3) is 0 Å². The number of ether oxygens (including phenoxy) is 1. The predicted molar refractivity (Wildman–Crippen MR) is 86.9 cm³/mol. The Hall–Kier alpha value is -1.80. The van der Waals surface area contributed by atoms with Gasteiger partial charge in [-0.1, -0.05) is 55.0 Å². The molecule has 0 radical (unpaired) electrons. The van der Waals surface area contributed by atoms with E-state index in [-0.39, 0.29) is 6.10 Å². The summed E-state index contributed by atoms with van der Waals surface area (Å²) >= 11 is 0. The minimum atomic E-state index is -0.365. The van der Waals surface area contributed by atoms with Crippen LogP contribution in [0.25, 0.3) is 0 Å². The largest absolute Gasteiger partial charge is 0.496 e. The summed E-state index contributed by atoms with van der Waals surface area (Å²) in [6.45, 7) is 4.22. The molecule has 0 aliphatic rings. The molecule has 0 aliphatic heterocycles. The summed E-state index contributed by atoms with van der Waals surface area (Å²) in [5.41, 5.74) is 3.53. The van der Waals surface area contributed by atoms with Gasteiger partial charge in [0.05, 0.1) is 13.2 Å². The molecule has 1 N–H and O–H groups in total. The Morgan fingerprint density at radius 3 is 2.48 bits per heavy atom. The molecular weight excluding hydrogens is 260 g/mol. The van der Waals surface area contributed by atoms with Crippen LogP contribution in [0.1, 0.15) is 36.0 Å². The lowest BCUT2D eigenvalue weighted by atomic mass is 9.92. The van der Waals surface area contributed by atoms with Gasteiger partial charge < -0.3 is 9.84 Å². The summed E-state index contributed by atoms with van der Waals surface area (Å²) in [6, 6.07) is 16.4. The van der Waals surface area contributed by atoms with E-state index < -0.39 is 0 Å². The fraction of sp³-hybridized carbons (Fsp3) is 0.368. The van der Waals surface area contributed by atoms with Crippen molar-refractivity contribution in [2.24, 2.45) is 0 Å². The molecule has 0 heterocycles. The molecule has 2 rings (SSSR count). The van der Waals surface area contributed by atoms with Crippen LogP contribution < -0.4 is 4.74 Å². The zero-order valence-electron chi connectivity index (χ0n) is 13.0. The highest BCUT2D eigenvalue weighted by Gasteiger charge is 2.15. The van der Waals surface area contributed by atoms with E-state index in [2.05, 4.69) is 32.0 Å². The van der Waals surface area contributed by atoms with Crippen molar-refractivity contribution in [3.8, 4) is 5.75 Å². The Labute approximate surface area is 127 Å². The Bertz CT molecular complexity index is 563. The van der Waals surface area contributed by atoms with E-state index in [9.17, 15) is 5.11 Å². The molecule has 0 amide bonds. The number of aryl methyl sites for hydroxylation is 1. The van der Waals surface area contributed by atoms with Gasteiger partial charge in [0.15, 0.2) is 0 Å². The quantitative estimate of drug-likeness (QED) is 0.865. The van der Waals surface area contributed by atoms with Crippen LogP contribution in [0.2, 0.25) is 0 Å². The van der Waals surface area contributed by atoms with Crippen LogP contribution >= 0.6 is 0 Å². The first-order valence-corrected chi connectivity index (χ1v) is 7.46. The molecule has 0 fully saturated rings. The first-order chi connectivity index (χ1) is 10.1. The van der Waals surface area contributed by atoms with Gasteiger partial charge in [-0.3, -0.25) is 0 Å². The molecule has 2 atom stereocenters. The molecule has 21 heavy (non-hydrogen) atoms. The molecule has 0 saturated carbocycles.